The number of carbonyl (C=O) groups is 1. The topological polar surface area (TPSA) is 26.3 Å². The number of ketones is 1. The predicted octanol–water partition coefficient (Wildman–Crippen LogP) is 4.71. The van der Waals surface area contributed by atoms with Crippen LogP contribution >= 0.6 is 9.47 Å². The van der Waals surface area contributed by atoms with E-state index in [4.69, 9.17) is 4.52 Å². The van der Waals surface area contributed by atoms with E-state index >= 15 is 0 Å². The van der Waals surface area contributed by atoms with Crippen molar-refractivity contribution < 1.29 is 9.32 Å². The lowest BCUT2D eigenvalue weighted by Crippen LogP contribution is -2.07. The monoisotopic (exact) mass is 300 g/mol. The number of carbonyl (C=O) groups excluding carboxylic acids is 1. The molecule has 2 aromatic rings. The quantitative estimate of drug-likeness (QED) is 0.604. The lowest BCUT2D eigenvalue weighted by atomic mass is 9.92. The number of benzene rings is 2. The van der Waals surface area contributed by atoms with Crippen LogP contribution in [0.5, 0.6) is 0 Å². The fourth-order valence-corrected chi connectivity index (χ4v) is 2.82. The summed E-state index contributed by atoms with van der Waals surface area (Å²) in [5.74, 6) is 0.0796. The van der Waals surface area contributed by atoms with Crippen molar-refractivity contribution in [2.75, 3.05) is 0 Å². The van der Waals surface area contributed by atoms with E-state index in [1.165, 1.54) is 5.56 Å². The molecule has 0 radical (unpaired) electrons. The van der Waals surface area contributed by atoms with Crippen LogP contribution in [0, 0.1) is 20.8 Å². The standard InChI is InChI=1S/C18H21O2P/c1-11-9-12(2)17(13(3)10-11)18(19)16-7-5-15(6-8-16)14(4)20-21/h5-10,14H,21H2,1-4H3. The minimum Gasteiger partial charge on any atom is -0.358 e. The van der Waals surface area contributed by atoms with Gasteiger partial charge in [0.15, 0.2) is 5.78 Å². The molecule has 110 valence electrons. The van der Waals surface area contributed by atoms with Crippen molar-refractivity contribution in [2.24, 2.45) is 0 Å². The highest BCUT2D eigenvalue weighted by Crippen LogP contribution is 2.23. The van der Waals surface area contributed by atoms with Gasteiger partial charge in [0.2, 0.25) is 0 Å². The van der Waals surface area contributed by atoms with Gasteiger partial charge in [-0.05, 0) is 44.4 Å². The van der Waals surface area contributed by atoms with E-state index in [0.717, 1.165) is 22.3 Å². The Labute approximate surface area is 128 Å². The highest BCUT2D eigenvalue weighted by Gasteiger charge is 2.15. The molecule has 0 N–H and O–H groups in total. The van der Waals surface area contributed by atoms with Gasteiger partial charge in [-0.25, -0.2) is 0 Å². The Kier molecular flexibility index (Phi) is 4.92. The molecule has 0 aliphatic heterocycles. The first-order valence-corrected chi connectivity index (χ1v) is 7.49. The van der Waals surface area contributed by atoms with Gasteiger partial charge in [-0.15, -0.1) is 0 Å². The predicted molar refractivity (Wildman–Crippen MR) is 89.7 cm³/mol. The van der Waals surface area contributed by atoms with Gasteiger partial charge in [0.05, 0.1) is 6.10 Å². The van der Waals surface area contributed by atoms with Gasteiger partial charge in [0.1, 0.15) is 0 Å². The van der Waals surface area contributed by atoms with E-state index in [2.05, 4.69) is 21.6 Å². The summed E-state index contributed by atoms with van der Waals surface area (Å²) in [4.78, 5) is 12.7. The van der Waals surface area contributed by atoms with Crippen LogP contribution in [0.15, 0.2) is 36.4 Å². The third-order valence-corrected chi connectivity index (χ3v) is 4.16. The van der Waals surface area contributed by atoms with Gasteiger partial charge >= 0.3 is 0 Å². The summed E-state index contributed by atoms with van der Waals surface area (Å²) in [6.07, 6.45) is 0.00185. The Balaban J connectivity index is 2.37. The van der Waals surface area contributed by atoms with Crippen molar-refractivity contribution >= 4 is 15.2 Å². The second-order valence-electron chi connectivity index (χ2n) is 5.50. The Morgan fingerprint density at radius 3 is 2.05 bits per heavy atom. The minimum atomic E-state index is 0.00185. The van der Waals surface area contributed by atoms with Crippen molar-refractivity contribution in [1.82, 2.24) is 0 Å². The maximum absolute atomic E-state index is 12.7. The van der Waals surface area contributed by atoms with Crippen LogP contribution in [-0.4, -0.2) is 5.78 Å². The van der Waals surface area contributed by atoms with Crippen LogP contribution < -0.4 is 0 Å². The van der Waals surface area contributed by atoms with E-state index in [1.54, 1.807) is 0 Å². The molecule has 21 heavy (non-hydrogen) atoms. The molecular formula is C18H21O2P. The molecule has 2 atom stereocenters. The molecule has 0 spiro atoms. The Morgan fingerprint density at radius 1 is 1.05 bits per heavy atom. The second-order valence-corrected chi connectivity index (χ2v) is 5.78. The first kappa shape index (κ1) is 15.9. The summed E-state index contributed by atoms with van der Waals surface area (Å²) in [5.41, 5.74) is 5.82. The smallest absolute Gasteiger partial charge is 0.193 e. The lowest BCUT2D eigenvalue weighted by molar-refractivity contribution is 0.103. The SMILES string of the molecule is Cc1cc(C)c(C(=O)c2ccc(C(C)OP)cc2)c(C)c1. The number of hydrogen-bond donors (Lipinski definition) is 0. The zero-order valence-corrected chi connectivity index (χ0v) is 14.1. The van der Waals surface area contributed by atoms with Crippen molar-refractivity contribution in [2.45, 2.75) is 33.8 Å². The summed E-state index contributed by atoms with van der Waals surface area (Å²) in [6, 6.07) is 11.7. The van der Waals surface area contributed by atoms with Crippen LogP contribution in [-0.2, 0) is 4.52 Å². The largest absolute Gasteiger partial charge is 0.358 e. The molecule has 0 saturated carbocycles. The van der Waals surface area contributed by atoms with Crippen molar-refractivity contribution in [3.8, 4) is 0 Å². The first-order chi connectivity index (χ1) is 9.93. The summed E-state index contributed by atoms with van der Waals surface area (Å²) < 4.78 is 5.20. The third kappa shape index (κ3) is 3.40. The zero-order chi connectivity index (χ0) is 15.6. The minimum absolute atomic E-state index is 0.00185. The van der Waals surface area contributed by atoms with Gasteiger partial charge in [-0.3, -0.25) is 4.79 Å². The molecule has 0 aliphatic carbocycles. The van der Waals surface area contributed by atoms with Crippen molar-refractivity contribution in [3.05, 3.63) is 69.8 Å². The molecule has 2 aromatic carbocycles. The lowest BCUT2D eigenvalue weighted by Gasteiger charge is -2.12. The van der Waals surface area contributed by atoms with Crippen molar-refractivity contribution in [3.63, 3.8) is 0 Å². The first-order valence-electron chi connectivity index (χ1n) is 7.02. The summed E-state index contributed by atoms with van der Waals surface area (Å²) >= 11 is 0. The van der Waals surface area contributed by atoms with Crippen LogP contribution in [0.2, 0.25) is 0 Å². The van der Waals surface area contributed by atoms with Gasteiger partial charge in [-0.1, -0.05) is 42.0 Å². The second kappa shape index (κ2) is 6.51. The molecule has 3 heteroatoms. The molecule has 2 nitrogen and oxygen atoms in total. The molecule has 0 heterocycles. The normalized spacial score (nSPS) is 12.2. The maximum Gasteiger partial charge on any atom is 0.193 e. The van der Waals surface area contributed by atoms with Crippen LogP contribution in [0.25, 0.3) is 0 Å². The van der Waals surface area contributed by atoms with E-state index in [1.807, 2.05) is 52.0 Å². The van der Waals surface area contributed by atoms with E-state index in [0.29, 0.717) is 5.56 Å². The van der Waals surface area contributed by atoms with Gasteiger partial charge in [-0.2, -0.15) is 0 Å². The highest BCUT2D eigenvalue weighted by atomic mass is 31.0. The highest BCUT2D eigenvalue weighted by molar-refractivity contribution is 7.09. The van der Waals surface area contributed by atoms with Gasteiger partial charge in [0, 0.05) is 20.6 Å². The summed E-state index contributed by atoms with van der Waals surface area (Å²) in [7, 11) is 2.27. The van der Waals surface area contributed by atoms with Crippen LogP contribution in [0.3, 0.4) is 0 Å². The van der Waals surface area contributed by atoms with Crippen LogP contribution in [0.4, 0.5) is 0 Å². The Morgan fingerprint density at radius 2 is 1.57 bits per heavy atom. The van der Waals surface area contributed by atoms with Gasteiger partial charge in [0.25, 0.3) is 0 Å². The average molecular weight is 300 g/mol. The molecule has 2 rings (SSSR count). The molecule has 0 aliphatic rings. The van der Waals surface area contributed by atoms with Crippen molar-refractivity contribution in [1.29, 1.82) is 0 Å². The van der Waals surface area contributed by atoms with Gasteiger partial charge < -0.3 is 4.52 Å². The van der Waals surface area contributed by atoms with E-state index < -0.39 is 0 Å². The number of aryl methyl sites for hydroxylation is 3. The molecule has 0 amide bonds. The number of hydrogen-bond acceptors (Lipinski definition) is 2. The molecule has 2 unspecified atom stereocenters. The maximum atomic E-state index is 12.7. The van der Waals surface area contributed by atoms with E-state index in [-0.39, 0.29) is 11.9 Å². The third-order valence-electron chi connectivity index (χ3n) is 3.75. The molecule has 0 bridgehead atoms. The summed E-state index contributed by atoms with van der Waals surface area (Å²) in [5, 5.41) is 0. The fourth-order valence-electron chi connectivity index (χ4n) is 2.67. The Hall–Kier alpha value is -1.50. The molecular weight excluding hydrogens is 279 g/mol. The average Bonchev–Trinajstić information content (AvgIpc) is 2.45. The molecule has 0 aromatic heterocycles. The number of rotatable bonds is 4. The Bertz CT molecular complexity index is 636. The summed E-state index contributed by atoms with van der Waals surface area (Å²) in [6.45, 7) is 8.00. The molecule has 0 fully saturated rings. The molecule has 0 saturated heterocycles. The van der Waals surface area contributed by atoms with E-state index in [9.17, 15) is 4.79 Å². The fraction of sp³-hybridized carbons (Fsp3) is 0.278. The zero-order valence-electron chi connectivity index (χ0n) is 12.9. The van der Waals surface area contributed by atoms with Crippen LogP contribution in [0.1, 0.15) is 51.2 Å².